The number of benzene rings is 1. The maximum Gasteiger partial charge on any atom is 0.234 e. The zero-order valence-electron chi connectivity index (χ0n) is 17.0. The van der Waals surface area contributed by atoms with Crippen LogP contribution < -0.4 is 9.64 Å². The summed E-state index contributed by atoms with van der Waals surface area (Å²) < 4.78 is 7.98. The molecule has 0 atom stereocenters. The lowest BCUT2D eigenvalue weighted by Crippen LogP contribution is -2.35. The molecule has 1 aromatic carbocycles. The van der Waals surface area contributed by atoms with Crippen LogP contribution in [-0.2, 0) is 0 Å². The molecule has 8 nitrogen and oxygen atoms in total. The Labute approximate surface area is 178 Å². The number of aryl methyl sites for hydroxylation is 1. The van der Waals surface area contributed by atoms with Gasteiger partial charge in [-0.05, 0) is 55.0 Å². The molecule has 0 bridgehead atoms. The van der Waals surface area contributed by atoms with E-state index in [4.69, 9.17) is 4.74 Å². The molecule has 7 rings (SSSR count). The SMILES string of the molecule is Cc1cnc(-n2ccc3cc(N4CCOc5ncnc6c5C4=N6)cc(C4CC4)c32)nc1. The average Bonchev–Trinajstić information content (AvgIpc) is 3.54. The molecule has 4 aromatic rings. The number of anilines is 1. The first-order valence-corrected chi connectivity index (χ1v) is 10.5. The molecule has 0 radical (unpaired) electrons. The van der Waals surface area contributed by atoms with Crippen molar-refractivity contribution in [1.29, 1.82) is 0 Å². The predicted molar refractivity (Wildman–Crippen MR) is 117 cm³/mol. The van der Waals surface area contributed by atoms with Gasteiger partial charge in [-0.15, -0.1) is 0 Å². The molecule has 152 valence electrons. The van der Waals surface area contributed by atoms with E-state index in [0.29, 0.717) is 36.7 Å². The Bertz CT molecular complexity index is 1390. The Hall–Kier alpha value is -3.81. The summed E-state index contributed by atoms with van der Waals surface area (Å²) in [6, 6.07) is 6.68. The predicted octanol–water partition coefficient (Wildman–Crippen LogP) is 3.69. The summed E-state index contributed by atoms with van der Waals surface area (Å²) in [5.74, 6) is 3.50. The molecule has 2 aliphatic heterocycles. The second kappa shape index (κ2) is 6.10. The van der Waals surface area contributed by atoms with Gasteiger partial charge in [-0.3, -0.25) is 4.57 Å². The highest BCUT2D eigenvalue weighted by molar-refractivity contribution is 6.20. The second-order valence-corrected chi connectivity index (χ2v) is 8.31. The highest BCUT2D eigenvalue weighted by Crippen LogP contribution is 2.46. The van der Waals surface area contributed by atoms with Crippen LogP contribution in [0.4, 0.5) is 11.5 Å². The Morgan fingerprint density at radius 3 is 2.77 bits per heavy atom. The van der Waals surface area contributed by atoms with E-state index >= 15 is 0 Å². The van der Waals surface area contributed by atoms with Crippen molar-refractivity contribution >= 4 is 28.2 Å². The summed E-state index contributed by atoms with van der Waals surface area (Å²) >= 11 is 0. The molecule has 0 spiro atoms. The van der Waals surface area contributed by atoms with Gasteiger partial charge in [-0.1, -0.05) is 0 Å². The zero-order chi connectivity index (χ0) is 20.5. The third kappa shape index (κ3) is 2.51. The molecular formula is C23H19N7O. The number of hydrogen-bond donors (Lipinski definition) is 0. The van der Waals surface area contributed by atoms with Gasteiger partial charge in [0.05, 0.1) is 12.1 Å². The van der Waals surface area contributed by atoms with Gasteiger partial charge in [0.25, 0.3) is 0 Å². The third-order valence-corrected chi connectivity index (χ3v) is 6.15. The van der Waals surface area contributed by atoms with Crippen molar-refractivity contribution in [3.63, 3.8) is 0 Å². The first-order chi connectivity index (χ1) is 15.3. The number of ether oxygens (including phenoxy) is 1. The molecule has 5 heterocycles. The molecule has 3 aromatic heterocycles. The molecule has 8 heteroatoms. The molecule has 0 unspecified atom stereocenters. The number of amidine groups is 1. The first-order valence-electron chi connectivity index (χ1n) is 10.5. The topological polar surface area (TPSA) is 81.3 Å². The van der Waals surface area contributed by atoms with Crippen molar-refractivity contribution in [3.05, 3.63) is 59.8 Å². The number of aromatic nitrogens is 5. The molecule has 1 saturated carbocycles. The van der Waals surface area contributed by atoms with Crippen molar-refractivity contribution in [1.82, 2.24) is 24.5 Å². The molecule has 31 heavy (non-hydrogen) atoms. The van der Waals surface area contributed by atoms with Gasteiger partial charge in [0, 0.05) is 29.7 Å². The minimum atomic E-state index is 0.553. The van der Waals surface area contributed by atoms with Crippen LogP contribution in [0.3, 0.4) is 0 Å². The fourth-order valence-electron chi connectivity index (χ4n) is 4.48. The fourth-order valence-corrected chi connectivity index (χ4v) is 4.48. The number of nitrogens with zero attached hydrogens (tertiary/aromatic N) is 7. The summed E-state index contributed by atoms with van der Waals surface area (Å²) in [5, 5.41) is 1.18. The minimum Gasteiger partial charge on any atom is -0.475 e. The molecule has 1 aliphatic carbocycles. The number of fused-ring (bicyclic) bond motifs is 1. The maximum absolute atomic E-state index is 5.87. The molecule has 3 aliphatic rings. The van der Waals surface area contributed by atoms with E-state index in [-0.39, 0.29) is 0 Å². The van der Waals surface area contributed by atoms with Gasteiger partial charge in [0.2, 0.25) is 11.8 Å². The van der Waals surface area contributed by atoms with Crippen LogP contribution >= 0.6 is 0 Å². The van der Waals surface area contributed by atoms with Gasteiger partial charge in [0.1, 0.15) is 18.5 Å². The van der Waals surface area contributed by atoms with E-state index < -0.39 is 0 Å². The van der Waals surface area contributed by atoms with E-state index in [0.717, 1.165) is 22.6 Å². The zero-order valence-corrected chi connectivity index (χ0v) is 17.0. The van der Waals surface area contributed by atoms with E-state index in [1.54, 1.807) is 0 Å². The maximum atomic E-state index is 5.87. The van der Waals surface area contributed by atoms with Crippen molar-refractivity contribution in [3.8, 4) is 11.8 Å². The van der Waals surface area contributed by atoms with Crippen molar-refractivity contribution in [2.24, 2.45) is 4.99 Å². The van der Waals surface area contributed by atoms with Gasteiger partial charge in [0.15, 0.2) is 11.7 Å². The molecule has 1 fully saturated rings. The second-order valence-electron chi connectivity index (χ2n) is 8.31. The molecular weight excluding hydrogens is 390 g/mol. The van der Waals surface area contributed by atoms with E-state index in [1.807, 2.05) is 19.3 Å². The Balaban J connectivity index is 1.38. The summed E-state index contributed by atoms with van der Waals surface area (Å²) in [7, 11) is 0. The van der Waals surface area contributed by atoms with Crippen LogP contribution in [-0.4, -0.2) is 43.5 Å². The van der Waals surface area contributed by atoms with Gasteiger partial charge in [-0.25, -0.2) is 24.9 Å². The monoisotopic (exact) mass is 409 g/mol. The average molecular weight is 409 g/mol. The summed E-state index contributed by atoms with van der Waals surface area (Å²) in [6.07, 6.45) is 9.73. The quantitative estimate of drug-likeness (QED) is 0.513. The van der Waals surface area contributed by atoms with Gasteiger partial charge >= 0.3 is 0 Å². The lowest BCUT2D eigenvalue weighted by Gasteiger charge is -2.28. The summed E-state index contributed by atoms with van der Waals surface area (Å²) in [5.41, 5.74) is 5.64. The Morgan fingerprint density at radius 1 is 1.06 bits per heavy atom. The highest BCUT2D eigenvalue weighted by Gasteiger charge is 2.35. The molecule has 0 saturated heterocycles. The third-order valence-electron chi connectivity index (χ3n) is 6.15. The number of rotatable bonds is 3. The first kappa shape index (κ1) is 16.9. The van der Waals surface area contributed by atoms with Gasteiger partial charge < -0.3 is 9.64 Å². The normalized spacial score (nSPS) is 16.9. The van der Waals surface area contributed by atoms with Crippen molar-refractivity contribution < 1.29 is 4.74 Å². The van der Waals surface area contributed by atoms with Crippen LogP contribution in [0.5, 0.6) is 5.88 Å². The lowest BCUT2D eigenvalue weighted by molar-refractivity contribution is 0.319. The van der Waals surface area contributed by atoms with Crippen LogP contribution in [0.15, 0.2) is 48.1 Å². The molecule has 0 amide bonds. The van der Waals surface area contributed by atoms with Gasteiger partial charge in [-0.2, -0.15) is 0 Å². The lowest BCUT2D eigenvalue weighted by atomic mass is 10.0. The molecule has 0 N–H and O–H groups in total. The van der Waals surface area contributed by atoms with Crippen LogP contribution in [0.2, 0.25) is 0 Å². The number of aliphatic imine (C=N–C) groups is 1. The largest absolute Gasteiger partial charge is 0.475 e. The highest BCUT2D eigenvalue weighted by atomic mass is 16.5. The minimum absolute atomic E-state index is 0.553. The standard InChI is InChI=1S/C23H19N7O/c1-13-10-24-23(25-11-13)30-5-4-15-8-16(9-17(19(15)30)14-2-3-14)29-6-7-31-22-18-20(26-12-27-22)28-21(18)29/h4-5,8-12,14H,2-3,6-7H2,1H3. The van der Waals surface area contributed by atoms with Crippen LogP contribution in [0.25, 0.3) is 16.9 Å². The van der Waals surface area contributed by atoms with Crippen LogP contribution in [0.1, 0.15) is 35.4 Å². The van der Waals surface area contributed by atoms with Crippen LogP contribution in [0, 0.1) is 6.92 Å². The van der Waals surface area contributed by atoms with E-state index in [2.05, 4.69) is 58.8 Å². The van der Waals surface area contributed by atoms with E-state index in [9.17, 15) is 0 Å². The van der Waals surface area contributed by atoms with Crippen molar-refractivity contribution in [2.45, 2.75) is 25.7 Å². The summed E-state index contributed by atoms with van der Waals surface area (Å²) in [6.45, 7) is 3.27. The van der Waals surface area contributed by atoms with E-state index in [1.165, 1.54) is 35.6 Å². The smallest absolute Gasteiger partial charge is 0.234 e. The Kier molecular flexibility index (Phi) is 3.33. The van der Waals surface area contributed by atoms with Crippen molar-refractivity contribution in [2.75, 3.05) is 18.1 Å². The number of hydrogen-bond acceptors (Lipinski definition) is 7. The fraction of sp³-hybridized carbons (Fsp3) is 0.261. The Morgan fingerprint density at radius 2 is 1.94 bits per heavy atom. The summed E-state index contributed by atoms with van der Waals surface area (Å²) in [4.78, 5) is 24.5.